The molecule has 0 atom stereocenters. The maximum atomic E-state index is 11.9. The van der Waals surface area contributed by atoms with Crippen LogP contribution in [0.5, 0.6) is 0 Å². The molecule has 0 unspecified atom stereocenters. The Morgan fingerprint density at radius 2 is 1.54 bits per heavy atom. The molecule has 140 valence electrons. The SMILES string of the molecule is O=C1CCC(=O)N1N1CCN(Cc2cc(Cl)ccc2N2CCCC2)CC1. The second-order valence-corrected chi connectivity index (χ2v) is 7.73. The third kappa shape index (κ3) is 3.59. The first kappa shape index (κ1) is 17.8. The van der Waals surface area contributed by atoms with Crippen molar-refractivity contribution in [2.24, 2.45) is 0 Å². The monoisotopic (exact) mass is 376 g/mol. The van der Waals surface area contributed by atoms with Crippen LogP contribution in [0.15, 0.2) is 18.2 Å². The average molecular weight is 377 g/mol. The molecular weight excluding hydrogens is 352 g/mol. The quantitative estimate of drug-likeness (QED) is 0.753. The summed E-state index contributed by atoms with van der Waals surface area (Å²) in [4.78, 5) is 28.7. The van der Waals surface area contributed by atoms with Crippen LogP contribution in [0.25, 0.3) is 0 Å². The first-order chi connectivity index (χ1) is 12.6. The molecule has 0 saturated carbocycles. The number of piperazine rings is 1. The van der Waals surface area contributed by atoms with Gasteiger partial charge in [-0.2, -0.15) is 0 Å². The molecule has 1 aromatic carbocycles. The van der Waals surface area contributed by atoms with Crippen LogP contribution in [0, 0.1) is 0 Å². The molecule has 6 nitrogen and oxygen atoms in total. The number of carbonyl (C=O) groups is 2. The van der Waals surface area contributed by atoms with Gasteiger partial charge in [0.15, 0.2) is 0 Å². The summed E-state index contributed by atoms with van der Waals surface area (Å²) in [5.41, 5.74) is 2.56. The molecular formula is C19H25ClN4O2. The number of carbonyl (C=O) groups excluding carboxylic acids is 2. The Morgan fingerprint density at radius 3 is 2.19 bits per heavy atom. The van der Waals surface area contributed by atoms with Crippen molar-refractivity contribution in [1.82, 2.24) is 14.9 Å². The van der Waals surface area contributed by atoms with E-state index in [1.165, 1.54) is 29.1 Å². The molecule has 3 fully saturated rings. The second-order valence-electron chi connectivity index (χ2n) is 7.30. The number of hydrogen-bond acceptors (Lipinski definition) is 5. The zero-order valence-corrected chi connectivity index (χ0v) is 15.7. The number of benzene rings is 1. The van der Waals surface area contributed by atoms with Gasteiger partial charge in [0.25, 0.3) is 0 Å². The third-order valence-electron chi connectivity index (χ3n) is 5.54. The molecule has 3 aliphatic heterocycles. The molecule has 4 rings (SSSR count). The summed E-state index contributed by atoms with van der Waals surface area (Å²) in [6.07, 6.45) is 3.19. The Bertz CT molecular complexity index is 681. The van der Waals surface area contributed by atoms with Crippen LogP contribution in [0.4, 0.5) is 5.69 Å². The van der Waals surface area contributed by atoms with Crippen LogP contribution >= 0.6 is 11.6 Å². The molecule has 0 aromatic heterocycles. The van der Waals surface area contributed by atoms with Crippen molar-refractivity contribution in [3.05, 3.63) is 28.8 Å². The van der Waals surface area contributed by atoms with Crippen LogP contribution in [-0.2, 0) is 16.1 Å². The average Bonchev–Trinajstić information content (AvgIpc) is 3.26. The largest absolute Gasteiger partial charge is 0.371 e. The molecule has 0 radical (unpaired) electrons. The van der Waals surface area contributed by atoms with Crippen molar-refractivity contribution < 1.29 is 9.59 Å². The second kappa shape index (κ2) is 7.55. The highest BCUT2D eigenvalue weighted by molar-refractivity contribution is 6.30. The lowest BCUT2D eigenvalue weighted by molar-refractivity contribution is -0.160. The lowest BCUT2D eigenvalue weighted by Crippen LogP contribution is -2.55. The third-order valence-corrected chi connectivity index (χ3v) is 5.77. The fraction of sp³-hybridized carbons (Fsp3) is 0.579. The highest BCUT2D eigenvalue weighted by Crippen LogP contribution is 2.29. The van der Waals surface area contributed by atoms with Crippen LogP contribution in [0.3, 0.4) is 0 Å². The van der Waals surface area contributed by atoms with Crippen molar-refractivity contribution in [2.45, 2.75) is 32.2 Å². The number of amides is 2. The number of rotatable bonds is 4. The van der Waals surface area contributed by atoms with Gasteiger partial charge in [0.2, 0.25) is 11.8 Å². The Morgan fingerprint density at radius 1 is 0.885 bits per heavy atom. The number of hydrazine groups is 1. The van der Waals surface area contributed by atoms with Crippen molar-refractivity contribution in [2.75, 3.05) is 44.2 Å². The lowest BCUT2D eigenvalue weighted by Gasteiger charge is -2.38. The summed E-state index contributed by atoms with van der Waals surface area (Å²) in [6.45, 7) is 6.16. The zero-order chi connectivity index (χ0) is 18.1. The predicted molar refractivity (Wildman–Crippen MR) is 101 cm³/mol. The van der Waals surface area contributed by atoms with E-state index in [4.69, 9.17) is 11.6 Å². The maximum absolute atomic E-state index is 11.9. The summed E-state index contributed by atoms with van der Waals surface area (Å²) in [7, 11) is 0. The first-order valence-corrected chi connectivity index (χ1v) is 9.86. The van der Waals surface area contributed by atoms with Crippen LogP contribution < -0.4 is 4.90 Å². The molecule has 26 heavy (non-hydrogen) atoms. The normalized spacial score (nSPS) is 22.7. The van der Waals surface area contributed by atoms with Gasteiger partial charge in [0.1, 0.15) is 0 Å². The van der Waals surface area contributed by atoms with Crippen molar-refractivity contribution in [1.29, 1.82) is 0 Å². The molecule has 0 spiro atoms. The topological polar surface area (TPSA) is 47.1 Å². The van der Waals surface area contributed by atoms with Crippen molar-refractivity contribution in [3.8, 4) is 0 Å². The molecule has 2 amide bonds. The Hall–Kier alpha value is -1.63. The molecule has 0 N–H and O–H groups in total. The van der Waals surface area contributed by atoms with Gasteiger partial charge in [-0.3, -0.25) is 14.5 Å². The highest BCUT2D eigenvalue weighted by Gasteiger charge is 2.35. The smallest absolute Gasteiger partial charge is 0.244 e. The van der Waals surface area contributed by atoms with E-state index < -0.39 is 0 Å². The fourth-order valence-electron chi connectivity index (χ4n) is 4.16. The van der Waals surface area contributed by atoms with Gasteiger partial charge in [-0.25, -0.2) is 10.0 Å². The first-order valence-electron chi connectivity index (χ1n) is 9.48. The lowest BCUT2D eigenvalue weighted by atomic mass is 10.1. The van der Waals surface area contributed by atoms with Gasteiger partial charge in [-0.15, -0.1) is 0 Å². The number of imide groups is 1. The minimum Gasteiger partial charge on any atom is -0.371 e. The molecule has 3 aliphatic rings. The van der Waals surface area contributed by atoms with Crippen LogP contribution in [0.1, 0.15) is 31.2 Å². The maximum Gasteiger partial charge on any atom is 0.244 e. The van der Waals surface area contributed by atoms with Gasteiger partial charge in [-0.05, 0) is 36.6 Å². The summed E-state index contributed by atoms with van der Waals surface area (Å²) >= 11 is 6.26. The summed E-state index contributed by atoms with van der Waals surface area (Å²) < 4.78 is 0. The fourth-order valence-corrected chi connectivity index (χ4v) is 4.36. The van der Waals surface area contributed by atoms with E-state index in [0.717, 1.165) is 37.7 Å². The van der Waals surface area contributed by atoms with E-state index in [2.05, 4.69) is 21.9 Å². The molecule has 0 aliphatic carbocycles. The van der Waals surface area contributed by atoms with E-state index in [0.29, 0.717) is 25.9 Å². The molecule has 1 aromatic rings. The molecule has 7 heteroatoms. The number of nitrogens with zero attached hydrogens (tertiary/aromatic N) is 4. The standard InChI is InChI=1S/C19H25ClN4O2/c20-16-3-4-17(22-7-1-2-8-22)15(13-16)14-21-9-11-23(12-10-21)24-18(25)5-6-19(24)26/h3-4,13H,1-2,5-12,14H2. The highest BCUT2D eigenvalue weighted by atomic mass is 35.5. The van der Waals surface area contributed by atoms with E-state index in [-0.39, 0.29) is 11.8 Å². The molecule has 3 saturated heterocycles. The van der Waals surface area contributed by atoms with E-state index >= 15 is 0 Å². The van der Waals surface area contributed by atoms with Gasteiger partial charge >= 0.3 is 0 Å². The van der Waals surface area contributed by atoms with Crippen LogP contribution in [0.2, 0.25) is 5.02 Å². The van der Waals surface area contributed by atoms with E-state index in [1.807, 2.05) is 11.1 Å². The number of anilines is 1. The van der Waals surface area contributed by atoms with Crippen molar-refractivity contribution >= 4 is 29.1 Å². The van der Waals surface area contributed by atoms with Gasteiger partial charge < -0.3 is 4.90 Å². The predicted octanol–water partition coefficient (Wildman–Crippen LogP) is 2.12. The van der Waals surface area contributed by atoms with E-state index in [1.54, 1.807) is 0 Å². The minimum absolute atomic E-state index is 0.0605. The molecule has 0 bridgehead atoms. The van der Waals surface area contributed by atoms with Crippen LogP contribution in [-0.4, -0.2) is 66.0 Å². The molecule has 3 heterocycles. The van der Waals surface area contributed by atoms with Gasteiger partial charge in [0.05, 0.1) is 0 Å². The van der Waals surface area contributed by atoms with Crippen molar-refractivity contribution in [3.63, 3.8) is 0 Å². The Labute approximate surface area is 159 Å². The van der Waals surface area contributed by atoms with E-state index in [9.17, 15) is 9.59 Å². The summed E-state index contributed by atoms with van der Waals surface area (Å²) in [5.74, 6) is -0.121. The van der Waals surface area contributed by atoms with Gasteiger partial charge in [0, 0.05) is 69.4 Å². The van der Waals surface area contributed by atoms with Gasteiger partial charge in [-0.1, -0.05) is 11.6 Å². The summed E-state index contributed by atoms with van der Waals surface area (Å²) in [6, 6.07) is 6.19. The number of halogens is 1. The minimum atomic E-state index is -0.0605. The number of hydrogen-bond donors (Lipinski definition) is 0. The zero-order valence-electron chi connectivity index (χ0n) is 15.0. The Balaban J connectivity index is 1.41. The Kier molecular flexibility index (Phi) is 5.16. The summed E-state index contributed by atoms with van der Waals surface area (Å²) in [5, 5.41) is 4.05.